The maximum absolute atomic E-state index is 11.8. The zero-order chi connectivity index (χ0) is 12.3. The highest BCUT2D eigenvalue weighted by Gasteiger charge is 2.20. The number of hydrogen-bond donors (Lipinski definition) is 2. The van der Waals surface area contributed by atoms with Gasteiger partial charge in [-0.1, -0.05) is 11.6 Å². The van der Waals surface area contributed by atoms with Crippen molar-refractivity contribution in [3.63, 3.8) is 0 Å². The molecule has 16 heavy (non-hydrogen) atoms. The van der Waals surface area contributed by atoms with Gasteiger partial charge in [-0.15, -0.1) is 11.3 Å². The predicted octanol–water partition coefficient (Wildman–Crippen LogP) is 2.21. The van der Waals surface area contributed by atoms with Gasteiger partial charge in [-0.3, -0.25) is 0 Å². The van der Waals surface area contributed by atoms with Gasteiger partial charge in [-0.25, -0.2) is 13.1 Å². The molecule has 1 heterocycles. The van der Waals surface area contributed by atoms with E-state index in [9.17, 15) is 8.42 Å². The Balaban J connectivity index is 2.86. The van der Waals surface area contributed by atoms with Crippen LogP contribution in [0.1, 0.15) is 13.3 Å². The molecule has 0 aliphatic carbocycles. The number of aliphatic hydroxyl groups excluding tert-OH is 1. The Morgan fingerprint density at radius 2 is 2.31 bits per heavy atom. The summed E-state index contributed by atoms with van der Waals surface area (Å²) in [6.07, 6.45) is 0.375. The van der Waals surface area contributed by atoms with Crippen molar-refractivity contribution in [2.75, 3.05) is 6.61 Å². The SMILES string of the molecule is CC(CCO)NS(=O)(=O)c1cc(Cl)c(Br)s1. The van der Waals surface area contributed by atoms with Gasteiger partial charge in [0.05, 0.1) is 8.81 Å². The molecule has 0 aromatic carbocycles. The van der Waals surface area contributed by atoms with Crippen molar-refractivity contribution in [2.45, 2.75) is 23.6 Å². The first-order valence-corrected chi connectivity index (χ1v) is 7.92. The molecule has 92 valence electrons. The molecule has 0 aliphatic heterocycles. The van der Waals surface area contributed by atoms with E-state index < -0.39 is 10.0 Å². The Hall–Kier alpha value is 0.340. The van der Waals surface area contributed by atoms with Gasteiger partial charge in [0.1, 0.15) is 4.21 Å². The van der Waals surface area contributed by atoms with Crippen LogP contribution in [0.3, 0.4) is 0 Å². The number of nitrogens with one attached hydrogen (secondary N) is 1. The predicted molar refractivity (Wildman–Crippen MR) is 68.5 cm³/mol. The average molecular weight is 349 g/mol. The Bertz CT molecular complexity index is 440. The second kappa shape index (κ2) is 5.79. The number of halogens is 2. The highest BCUT2D eigenvalue weighted by molar-refractivity contribution is 9.11. The topological polar surface area (TPSA) is 66.4 Å². The number of aliphatic hydroxyl groups is 1. The van der Waals surface area contributed by atoms with E-state index >= 15 is 0 Å². The van der Waals surface area contributed by atoms with Gasteiger partial charge >= 0.3 is 0 Å². The Labute approximate surface area is 112 Å². The maximum Gasteiger partial charge on any atom is 0.250 e. The highest BCUT2D eigenvalue weighted by atomic mass is 79.9. The molecule has 0 spiro atoms. The van der Waals surface area contributed by atoms with Crippen LogP contribution in [-0.2, 0) is 10.0 Å². The van der Waals surface area contributed by atoms with E-state index in [1.165, 1.54) is 6.07 Å². The molecule has 8 heteroatoms. The van der Waals surface area contributed by atoms with Crippen LogP contribution in [-0.4, -0.2) is 26.2 Å². The van der Waals surface area contributed by atoms with Gasteiger partial charge in [0.15, 0.2) is 0 Å². The zero-order valence-corrected chi connectivity index (χ0v) is 12.4. The molecular weight excluding hydrogens is 338 g/mol. The van der Waals surface area contributed by atoms with Crippen molar-refractivity contribution in [1.82, 2.24) is 4.72 Å². The monoisotopic (exact) mass is 347 g/mol. The van der Waals surface area contributed by atoms with Gasteiger partial charge in [0.2, 0.25) is 10.0 Å². The van der Waals surface area contributed by atoms with Gasteiger partial charge < -0.3 is 5.11 Å². The molecule has 0 bridgehead atoms. The number of thiophene rings is 1. The lowest BCUT2D eigenvalue weighted by molar-refractivity contribution is 0.275. The molecule has 0 fully saturated rings. The molecule has 1 unspecified atom stereocenters. The van der Waals surface area contributed by atoms with E-state index in [1.54, 1.807) is 6.92 Å². The van der Waals surface area contributed by atoms with E-state index in [4.69, 9.17) is 16.7 Å². The Kier molecular flexibility index (Phi) is 5.21. The number of rotatable bonds is 5. The van der Waals surface area contributed by atoms with Crippen LogP contribution in [0, 0.1) is 0 Å². The molecule has 1 aromatic rings. The second-order valence-electron chi connectivity index (χ2n) is 3.22. The molecule has 1 aromatic heterocycles. The number of sulfonamides is 1. The smallest absolute Gasteiger partial charge is 0.250 e. The van der Waals surface area contributed by atoms with Crippen molar-refractivity contribution in [1.29, 1.82) is 0 Å². The lowest BCUT2D eigenvalue weighted by Gasteiger charge is -2.11. The van der Waals surface area contributed by atoms with Gasteiger partial charge in [-0.2, -0.15) is 0 Å². The normalized spacial score (nSPS) is 14.0. The molecule has 0 radical (unpaired) electrons. The summed E-state index contributed by atoms with van der Waals surface area (Å²) in [5.74, 6) is 0. The largest absolute Gasteiger partial charge is 0.396 e. The molecule has 0 saturated carbocycles. The third-order valence-corrected chi connectivity index (χ3v) is 6.34. The van der Waals surface area contributed by atoms with E-state index in [0.29, 0.717) is 15.2 Å². The summed E-state index contributed by atoms with van der Waals surface area (Å²) in [5, 5.41) is 9.07. The fraction of sp³-hybridized carbons (Fsp3) is 0.500. The summed E-state index contributed by atoms with van der Waals surface area (Å²) < 4.78 is 26.8. The van der Waals surface area contributed by atoms with Crippen molar-refractivity contribution in [3.8, 4) is 0 Å². The second-order valence-corrected chi connectivity index (χ2v) is 7.94. The lowest BCUT2D eigenvalue weighted by atomic mass is 10.3. The fourth-order valence-electron chi connectivity index (χ4n) is 1.03. The average Bonchev–Trinajstić information content (AvgIpc) is 2.47. The zero-order valence-electron chi connectivity index (χ0n) is 8.41. The van der Waals surface area contributed by atoms with Crippen LogP contribution in [0.25, 0.3) is 0 Å². The van der Waals surface area contributed by atoms with Crippen molar-refractivity contribution < 1.29 is 13.5 Å². The van der Waals surface area contributed by atoms with Crippen LogP contribution in [0.5, 0.6) is 0 Å². The quantitative estimate of drug-likeness (QED) is 0.857. The van der Waals surface area contributed by atoms with Crippen LogP contribution in [0.2, 0.25) is 5.02 Å². The van der Waals surface area contributed by atoms with E-state index in [2.05, 4.69) is 20.7 Å². The molecule has 0 aliphatic rings. The molecule has 0 amide bonds. The summed E-state index contributed by atoms with van der Waals surface area (Å²) in [4.78, 5) is 0. The third kappa shape index (κ3) is 3.68. The minimum Gasteiger partial charge on any atom is -0.396 e. The van der Waals surface area contributed by atoms with Gasteiger partial charge in [-0.05, 0) is 35.3 Å². The van der Waals surface area contributed by atoms with Crippen molar-refractivity contribution >= 4 is 48.9 Å². The van der Waals surface area contributed by atoms with E-state index in [1.807, 2.05) is 0 Å². The minimum atomic E-state index is -3.54. The molecule has 4 nitrogen and oxygen atoms in total. The van der Waals surface area contributed by atoms with E-state index in [0.717, 1.165) is 11.3 Å². The van der Waals surface area contributed by atoms with Crippen LogP contribution in [0.4, 0.5) is 0 Å². The highest BCUT2D eigenvalue weighted by Crippen LogP contribution is 2.34. The van der Waals surface area contributed by atoms with Gasteiger partial charge in [0.25, 0.3) is 0 Å². The third-order valence-electron chi connectivity index (χ3n) is 1.81. The molecule has 1 rings (SSSR count). The first kappa shape index (κ1) is 14.4. The minimum absolute atomic E-state index is 0.0570. The summed E-state index contributed by atoms with van der Waals surface area (Å²) in [6, 6.07) is 1.08. The molecule has 0 saturated heterocycles. The van der Waals surface area contributed by atoms with Crippen LogP contribution < -0.4 is 4.72 Å². The molecular formula is C8H11BrClNO3S2. The summed E-state index contributed by atoms with van der Waals surface area (Å²) in [7, 11) is -3.54. The fourth-order valence-corrected chi connectivity index (χ4v) is 4.73. The number of hydrogen-bond acceptors (Lipinski definition) is 4. The summed E-state index contributed by atoms with van der Waals surface area (Å²) in [5.41, 5.74) is 0. The Morgan fingerprint density at radius 1 is 1.69 bits per heavy atom. The van der Waals surface area contributed by atoms with Crippen LogP contribution >= 0.6 is 38.9 Å². The standard InChI is InChI=1S/C8H11BrClNO3S2/c1-5(2-3-12)11-16(13,14)7-4-6(10)8(9)15-7/h4-5,11-12H,2-3H2,1H3. The first-order chi connectivity index (χ1) is 7.36. The van der Waals surface area contributed by atoms with E-state index in [-0.39, 0.29) is 16.9 Å². The summed E-state index contributed by atoms with van der Waals surface area (Å²) >= 11 is 9.98. The lowest BCUT2D eigenvalue weighted by Crippen LogP contribution is -2.32. The molecule has 1 atom stereocenters. The van der Waals surface area contributed by atoms with Gasteiger partial charge in [0, 0.05) is 12.6 Å². The van der Waals surface area contributed by atoms with Crippen LogP contribution in [0.15, 0.2) is 14.1 Å². The van der Waals surface area contributed by atoms with Crippen molar-refractivity contribution in [3.05, 3.63) is 14.9 Å². The maximum atomic E-state index is 11.8. The Morgan fingerprint density at radius 3 is 2.75 bits per heavy atom. The molecule has 2 N–H and O–H groups in total. The summed E-state index contributed by atoms with van der Waals surface area (Å²) in [6.45, 7) is 1.64. The van der Waals surface area contributed by atoms with Crippen molar-refractivity contribution in [2.24, 2.45) is 0 Å². The first-order valence-electron chi connectivity index (χ1n) is 4.45.